The topological polar surface area (TPSA) is 61.1 Å². The average Bonchev–Trinajstić information content (AvgIpc) is 2.25. The van der Waals surface area contributed by atoms with Crippen LogP contribution in [0.2, 0.25) is 0 Å². The Morgan fingerprint density at radius 2 is 1.94 bits per heavy atom. The zero-order chi connectivity index (χ0) is 13.0. The molecule has 1 aromatic rings. The van der Waals surface area contributed by atoms with Gasteiger partial charge in [0.2, 0.25) is 0 Å². The van der Waals surface area contributed by atoms with Gasteiger partial charge in [-0.25, -0.2) is 4.79 Å². The maximum absolute atomic E-state index is 11.8. The van der Waals surface area contributed by atoms with Gasteiger partial charge in [0.25, 0.3) is 5.56 Å². The Morgan fingerprint density at radius 3 is 2.53 bits per heavy atom. The van der Waals surface area contributed by atoms with E-state index in [9.17, 15) is 14.4 Å². The summed E-state index contributed by atoms with van der Waals surface area (Å²) < 4.78 is 2.64. The number of Topliss-reactive ketones (excluding diaryl/α,β-unsaturated/α-hetero) is 1. The van der Waals surface area contributed by atoms with Gasteiger partial charge in [0.1, 0.15) is 5.78 Å². The first-order chi connectivity index (χ1) is 7.93. The van der Waals surface area contributed by atoms with Gasteiger partial charge in [0, 0.05) is 31.8 Å². The molecule has 5 heteroatoms. The number of unbranched alkanes of at least 4 members (excludes halogenated alkanes) is 1. The van der Waals surface area contributed by atoms with Gasteiger partial charge >= 0.3 is 5.69 Å². The molecule has 1 aromatic heterocycles. The molecule has 0 aliphatic carbocycles. The van der Waals surface area contributed by atoms with Gasteiger partial charge in [-0.3, -0.25) is 9.36 Å². The quantitative estimate of drug-likeness (QED) is 0.706. The van der Waals surface area contributed by atoms with Crippen LogP contribution in [-0.4, -0.2) is 14.9 Å². The third-order valence-corrected chi connectivity index (χ3v) is 2.66. The van der Waals surface area contributed by atoms with Gasteiger partial charge in [-0.05, 0) is 26.7 Å². The van der Waals surface area contributed by atoms with Gasteiger partial charge < -0.3 is 9.36 Å². The Bertz CT molecular complexity index is 491. The first-order valence-corrected chi connectivity index (χ1v) is 5.70. The second-order valence-electron chi connectivity index (χ2n) is 4.32. The summed E-state index contributed by atoms with van der Waals surface area (Å²) in [6.45, 7) is 3.60. The smallest absolute Gasteiger partial charge is 0.303 e. The van der Waals surface area contributed by atoms with Crippen molar-refractivity contribution in [3.8, 4) is 0 Å². The molecule has 1 heterocycles. The molecule has 0 fully saturated rings. The van der Waals surface area contributed by atoms with Gasteiger partial charge in [-0.1, -0.05) is 0 Å². The highest BCUT2D eigenvalue weighted by molar-refractivity contribution is 5.75. The van der Waals surface area contributed by atoms with E-state index >= 15 is 0 Å². The van der Waals surface area contributed by atoms with Crippen molar-refractivity contribution in [3.63, 3.8) is 0 Å². The molecule has 1 rings (SSSR count). The normalized spacial score (nSPS) is 10.5. The summed E-state index contributed by atoms with van der Waals surface area (Å²) >= 11 is 0. The van der Waals surface area contributed by atoms with Gasteiger partial charge in [-0.2, -0.15) is 0 Å². The van der Waals surface area contributed by atoms with E-state index in [1.54, 1.807) is 14.0 Å². The zero-order valence-corrected chi connectivity index (χ0v) is 10.5. The number of aryl methyl sites for hydroxylation is 2. The highest BCUT2D eigenvalue weighted by Crippen LogP contribution is 1.97. The summed E-state index contributed by atoms with van der Waals surface area (Å²) in [5, 5.41) is 0. The lowest BCUT2D eigenvalue weighted by molar-refractivity contribution is -0.117. The van der Waals surface area contributed by atoms with Crippen LogP contribution in [0.25, 0.3) is 0 Å². The Morgan fingerprint density at radius 1 is 1.29 bits per heavy atom. The predicted molar refractivity (Wildman–Crippen MR) is 65.2 cm³/mol. The van der Waals surface area contributed by atoms with Crippen molar-refractivity contribution in [1.29, 1.82) is 0 Å². The molecule has 17 heavy (non-hydrogen) atoms. The Hall–Kier alpha value is -1.65. The predicted octanol–water partition coefficient (Wildman–Crippen LogP) is 0.615. The van der Waals surface area contributed by atoms with E-state index in [0.717, 1.165) is 0 Å². The summed E-state index contributed by atoms with van der Waals surface area (Å²) in [7, 11) is 1.63. The van der Waals surface area contributed by atoms with Crippen molar-refractivity contribution in [2.24, 2.45) is 7.05 Å². The van der Waals surface area contributed by atoms with Crippen LogP contribution in [0.1, 0.15) is 31.7 Å². The fraction of sp³-hybridized carbons (Fsp3) is 0.583. The fourth-order valence-electron chi connectivity index (χ4n) is 1.73. The van der Waals surface area contributed by atoms with Crippen molar-refractivity contribution < 1.29 is 4.79 Å². The van der Waals surface area contributed by atoms with Gasteiger partial charge in [-0.15, -0.1) is 0 Å². The van der Waals surface area contributed by atoms with Gasteiger partial charge in [0.15, 0.2) is 0 Å². The lowest BCUT2D eigenvalue weighted by Crippen LogP contribution is -2.39. The summed E-state index contributed by atoms with van der Waals surface area (Å²) in [4.78, 5) is 34.2. The van der Waals surface area contributed by atoms with E-state index in [1.165, 1.54) is 22.3 Å². The number of carbonyl (C=O) groups excluding carboxylic acids is 1. The third-order valence-electron chi connectivity index (χ3n) is 2.66. The molecule has 0 amide bonds. The van der Waals surface area contributed by atoms with Crippen molar-refractivity contribution >= 4 is 5.78 Å². The highest BCUT2D eigenvalue weighted by Gasteiger charge is 2.06. The number of rotatable bonds is 5. The highest BCUT2D eigenvalue weighted by atomic mass is 16.2. The molecule has 94 valence electrons. The summed E-state index contributed by atoms with van der Waals surface area (Å²) in [6.07, 6.45) is 3.41. The largest absolute Gasteiger partial charge is 0.330 e. The van der Waals surface area contributed by atoms with Crippen molar-refractivity contribution in [2.75, 3.05) is 0 Å². The van der Waals surface area contributed by atoms with Crippen LogP contribution in [-0.2, 0) is 18.4 Å². The molecule has 0 saturated carbocycles. The Labute approximate surface area is 99.7 Å². The summed E-state index contributed by atoms with van der Waals surface area (Å²) in [5.74, 6) is 0.134. The molecular formula is C12H18N2O3. The monoisotopic (exact) mass is 238 g/mol. The van der Waals surface area contributed by atoms with E-state index in [2.05, 4.69) is 0 Å². The number of carbonyl (C=O) groups is 1. The zero-order valence-electron chi connectivity index (χ0n) is 10.5. The van der Waals surface area contributed by atoms with Crippen LogP contribution in [0.3, 0.4) is 0 Å². The van der Waals surface area contributed by atoms with E-state index in [1.807, 2.05) is 0 Å². The number of hydrogen-bond donors (Lipinski definition) is 0. The third kappa shape index (κ3) is 3.41. The van der Waals surface area contributed by atoms with Crippen LogP contribution >= 0.6 is 0 Å². The molecular weight excluding hydrogens is 220 g/mol. The molecule has 0 aromatic carbocycles. The van der Waals surface area contributed by atoms with Crippen LogP contribution in [0.15, 0.2) is 15.8 Å². The maximum Gasteiger partial charge on any atom is 0.330 e. The SMILES string of the molecule is CC(=O)CCCCn1c(=O)c(C)cn(C)c1=O. The lowest BCUT2D eigenvalue weighted by atomic mass is 10.2. The minimum atomic E-state index is -0.302. The molecule has 0 bridgehead atoms. The molecule has 0 saturated heterocycles. The molecule has 0 aliphatic rings. The van der Waals surface area contributed by atoms with E-state index < -0.39 is 0 Å². The van der Waals surface area contributed by atoms with Crippen molar-refractivity contribution in [3.05, 3.63) is 32.6 Å². The summed E-state index contributed by atoms with van der Waals surface area (Å²) in [6, 6.07) is 0. The van der Waals surface area contributed by atoms with Gasteiger partial charge in [0.05, 0.1) is 0 Å². The number of ketones is 1. The molecule has 0 unspecified atom stereocenters. The second-order valence-corrected chi connectivity index (χ2v) is 4.32. The maximum atomic E-state index is 11.8. The van der Waals surface area contributed by atoms with Crippen molar-refractivity contribution in [2.45, 2.75) is 39.7 Å². The van der Waals surface area contributed by atoms with E-state index in [0.29, 0.717) is 31.4 Å². The minimum absolute atomic E-state index is 0.134. The fourth-order valence-corrected chi connectivity index (χ4v) is 1.73. The summed E-state index contributed by atoms with van der Waals surface area (Å²) in [5.41, 5.74) is 0.0121. The molecule has 0 radical (unpaired) electrons. The first-order valence-electron chi connectivity index (χ1n) is 5.70. The van der Waals surface area contributed by atoms with Crippen LogP contribution in [0.5, 0.6) is 0 Å². The second kappa shape index (κ2) is 5.61. The lowest BCUT2D eigenvalue weighted by Gasteiger charge is -2.07. The molecule has 5 nitrogen and oxygen atoms in total. The molecule has 0 N–H and O–H groups in total. The van der Waals surface area contributed by atoms with Crippen molar-refractivity contribution in [1.82, 2.24) is 9.13 Å². The standard InChI is InChI=1S/C12H18N2O3/c1-9-8-13(3)12(17)14(11(9)16)7-5-4-6-10(2)15/h8H,4-7H2,1-3H3. The number of nitrogens with zero attached hydrogens (tertiary/aromatic N) is 2. The Balaban J connectivity index is 2.81. The van der Waals surface area contributed by atoms with Crippen LogP contribution < -0.4 is 11.2 Å². The number of aromatic nitrogens is 2. The molecule has 0 spiro atoms. The van der Waals surface area contributed by atoms with Crippen LogP contribution in [0.4, 0.5) is 0 Å². The minimum Gasteiger partial charge on any atom is -0.303 e. The Kier molecular flexibility index (Phi) is 4.43. The van der Waals surface area contributed by atoms with E-state index in [4.69, 9.17) is 0 Å². The number of hydrogen-bond acceptors (Lipinski definition) is 3. The first kappa shape index (κ1) is 13.4. The van der Waals surface area contributed by atoms with E-state index in [-0.39, 0.29) is 17.0 Å². The molecule has 0 aliphatic heterocycles. The average molecular weight is 238 g/mol. The molecule has 0 atom stereocenters. The van der Waals surface area contributed by atoms with Crippen LogP contribution in [0, 0.1) is 6.92 Å².